The van der Waals surface area contributed by atoms with E-state index in [-0.39, 0.29) is 0 Å². The standard InChI is InChI=1S/C2H2Cl.Pb.H/c1-2-3;;/h1H2;;. The molecule has 0 unspecified atom stereocenters. The monoisotopic (exact) mass is 270 g/mol. The van der Waals surface area contributed by atoms with Crippen LogP contribution in [-0.4, -0.2) is 25.8 Å². The van der Waals surface area contributed by atoms with Gasteiger partial charge in [-0.2, -0.15) is 0 Å². The van der Waals surface area contributed by atoms with E-state index in [0.717, 1.165) is 28.4 Å². The van der Waals surface area contributed by atoms with E-state index in [1.54, 1.807) is 0 Å². The van der Waals surface area contributed by atoms with Gasteiger partial charge in [0.15, 0.2) is 0 Å². The van der Waals surface area contributed by atoms with E-state index in [1.807, 2.05) is 0 Å². The first-order chi connectivity index (χ1) is 1.73. The van der Waals surface area contributed by atoms with Crippen LogP contribution < -0.4 is 0 Å². The summed E-state index contributed by atoms with van der Waals surface area (Å²) >= 11 is 5.91. The molecule has 0 N–H and O–H groups in total. The van der Waals surface area contributed by atoms with E-state index >= 15 is 0 Å². The van der Waals surface area contributed by atoms with Gasteiger partial charge in [-0.05, 0) is 0 Å². The average molecular weight is 270 g/mol. The van der Waals surface area contributed by atoms with Crippen LogP contribution in [0, 0.1) is 0 Å². The molecule has 0 saturated heterocycles. The molecule has 0 nitrogen and oxygen atoms in total. The van der Waals surface area contributed by atoms with Crippen molar-refractivity contribution in [3.63, 3.8) is 0 Å². The summed E-state index contributed by atoms with van der Waals surface area (Å²) in [6, 6.07) is 0. The predicted molar refractivity (Wildman–Crippen MR) is 22.1 cm³/mol. The van der Waals surface area contributed by atoms with E-state index in [2.05, 4.69) is 6.58 Å². The summed E-state index contributed by atoms with van der Waals surface area (Å²) in [6.07, 6.45) is 0. The molecule has 0 bridgehead atoms. The Morgan fingerprint density at radius 1 is 2.00 bits per heavy atom. The Bertz CT molecular complexity index is 29.0. The third kappa shape index (κ3) is 12.4. The van der Waals surface area contributed by atoms with Gasteiger partial charge in [0.25, 0.3) is 0 Å². The number of rotatable bonds is 0. The van der Waals surface area contributed by atoms with E-state index in [9.17, 15) is 0 Å². The fraction of sp³-hybridized carbons (Fsp3) is 0. The molecular weight excluding hydrogens is 267 g/mol. The zero-order valence-corrected chi connectivity index (χ0v) is 7.41. The Balaban J connectivity index is 2.80. The molecule has 22 valence electrons. The third-order valence-corrected chi connectivity index (χ3v) is 0. The van der Waals surface area contributed by atoms with Gasteiger partial charge in [-0.25, -0.2) is 0 Å². The van der Waals surface area contributed by atoms with Gasteiger partial charge in [0.2, 0.25) is 0 Å². The molecule has 0 atom stereocenters. The van der Waals surface area contributed by atoms with Crippen molar-refractivity contribution >= 4 is 37.4 Å². The maximum atomic E-state index is 5.15. The minimum absolute atomic E-state index is 0.756. The van der Waals surface area contributed by atoms with Gasteiger partial charge in [0.05, 0.1) is 0 Å². The molecule has 0 amide bonds. The van der Waals surface area contributed by atoms with E-state index in [0.29, 0.717) is 0 Å². The molecule has 0 spiro atoms. The minimum atomic E-state index is 0.756. The summed E-state index contributed by atoms with van der Waals surface area (Å²) in [6.45, 7) is 3.40. The van der Waals surface area contributed by atoms with E-state index < -0.39 is 0 Å². The molecule has 0 fully saturated rings. The number of halogens is 1. The van der Waals surface area contributed by atoms with E-state index in [4.69, 9.17) is 11.6 Å². The molecule has 4 heavy (non-hydrogen) atoms. The first-order valence-electron chi connectivity index (χ1n) is 0.831. The third-order valence-electron chi connectivity index (χ3n) is 0. The van der Waals surface area contributed by atoms with Crippen molar-refractivity contribution in [2.45, 2.75) is 0 Å². The van der Waals surface area contributed by atoms with Crippen molar-refractivity contribution in [1.29, 1.82) is 0 Å². The van der Waals surface area contributed by atoms with Crippen molar-refractivity contribution in [3.8, 4) is 0 Å². The molecular formula is C2H3ClPb. The number of hydrogen-bond donors (Lipinski definition) is 0. The van der Waals surface area contributed by atoms with Crippen LogP contribution in [0.4, 0.5) is 0 Å². The second kappa shape index (κ2) is 2.21. The Morgan fingerprint density at radius 2 is 2.00 bits per heavy atom. The Morgan fingerprint density at radius 3 is 2.00 bits per heavy atom. The van der Waals surface area contributed by atoms with Gasteiger partial charge in [-0.3, -0.25) is 0 Å². The Hall–Kier alpha value is 0.952. The fourth-order valence-electron chi connectivity index (χ4n) is 0. The molecule has 0 aromatic carbocycles. The second-order valence-electron chi connectivity index (χ2n) is 0.447. The molecule has 2 radical (unpaired) electrons. The molecule has 0 aliphatic heterocycles. The van der Waals surface area contributed by atoms with Crippen LogP contribution in [0.25, 0.3) is 0 Å². The van der Waals surface area contributed by atoms with Gasteiger partial charge in [0, 0.05) is 0 Å². The van der Waals surface area contributed by atoms with Gasteiger partial charge in [0.1, 0.15) is 0 Å². The van der Waals surface area contributed by atoms with Crippen LogP contribution in [-0.2, 0) is 0 Å². The topological polar surface area (TPSA) is 0 Å². The average Bonchev–Trinajstić information content (AvgIpc) is 0.811. The van der Waals surface area contributed by atoms with Crippen LogP contribution >= 0.6 is 11.6 Å². The van der Waals surface area contributed by atoms with E-state index in [1.165, 1.54) is 0 Å². The molecule has 0 rings (SSSR count). The first kappa shape index (κ1) is 4.95. The summed E-state index contributed by atoms with van der Waals surface area (Å²) in [5, 5.41) is 0. The summed E-state index contributed by atoms with van der Waals surface area (Å²) in [7, 11) is 0. The van der Waals surface area contributed by atoms with Crippen molar-refractivity contribution in [2.75, 3.05) is 0 Å². The normalized spacial score (nSPS) is 6.50. The molecule has 0 heterocycles. The van der Waals surface area contributed by atoms with Crippen molar-refractivity contribution < 1.29 is 0 Å². The van der Waals surface area contributed by atoms with Crippen LogP contribution in [0.15, 0.2) is 9.17 Å². The van der Waals surface area contributed by atoms with Crippen molar-refractivity contribution in [3.05, 3.63) is 9.17 Å². The van der Waals surface area contributed by atoms with Gasteiger partial charge >= 0.3 is 46.5 Å². The van der Waals surface area contributed by atoms with Crippen molar-refractivity contribution in [2.24, 2.45) is 0 Å². The molecule has 0 aliphatic carbocycles. The summed E-state index contributed by atoms with van der Waals surface area (Å²) in [4.78, 5) is 0. The van der Waals surface area contributed by atoms with Gasteiger partial charge < -0.3 is 0 Å². The van der Waals surface area contributed by atoms with Gasteiger partial charge in [-0.15, -0.1) is 0 Å². The summed E-state index contributed by atoms with van der Waals surface area (Å²) in [5.41, 5.74) is 0. The Kier molecular flexibility index (Phi) is 2.73. The van der Waals surface area contributed by atoms with Crippen LogP contribution in [0.3, 0.4) is 0 Å². The summed E-state index contributed by atoms with van der Waals surface area (Å²) in [5.74, 6) is 0. The SMILES string of the molecule is C=[C](Cl)[PbH]. The zero-order valence-electron chi connectivity index (χ0n) is 2.16. The zero-order chi connectivity index (χ0) is 3.58. The molecule has 0 aliphatic rings. The second-order valence-corrected chi connectivity index (χ2v) is 5.06. The molecule has 0 saturated carbocycles. The van der Waals surface area contributed by atoms with Crippen molar-refractivity contribution in [1.82, 2.24) is 0 Å². The number of hydrogen-bond acceptors (Lipinski definition) is 0. The Labute approximate surface area is 46.5 Å². The fourth-order valence-corrected chi connectivity index (χ4v) is 0. The molecule has 0 aromatic heterocycles. The molecule has 2 heteroatoms. The van der Waals surface area contributed by atoms with Crippen LogP contribution in [0.5, 0.6) is 0 Å². The predicted octanol–water partition coefficient (Wildman–Crippen LogP) is 0.597. The van der Waals surface area contributed by atoms with Crippen LogP contribution in [0.2, 0.25) is 0 Å². The van der Waals surface area contributed by atoms with Crippen LogP contribution in [0.1, 0.15) is 0 Å². The van der Waals surface area contributed by atoms with Gasteiger partial charge in [-0.1, -0.05) is 0 Å². The first-order valence-corrected chi connectivity index (χ1v) is 3.45. The molecule has 0 aromatic rings. The quantitative estimate of drug-likeness (QED) is 0.565. The maximum absolute atomic E-state index is 5.15. The summed E-state index contributed by atoms with van der Waals surface area (Å²) < 4.78 is 0.806.